The molecule has 0 aromatic carbocycles. The van der Waals surface area contributed by atoms with Crippen LogP contribution in [-0.4, -0.2) is 63.6 Å². The molecule has 4 rings (SSSR count). The molecule has 0 bridgehead atoms. The largest absolute Gasteiger partial charge is 0.332 e. The molecule has 1 aliphatic carbocycles. The summed E-state index contributed by atoms with van der Waals surface area (Å²) in [6, 6.07) is 4.10. The summed E-state index contributed by atoms with van der Waals surface area (Å²) >= 11 is 0. The Balaban J connectivity index is 1.26. The topological polar surface area (TPSA) is 75.4 Å². The zero-order chi connectivity index (χ0) is 16.4. The van der Waals surface area contributed by atoms with Crippen LogP contribution in [0.1, 0.15) is 40.8 Å². The van der Waals surface area contributed by atoms with E-state index in [0.717, 1.165) is 38.9 Å². The van der Waals surface area contributed by atoms with Gasteiger partial charge in [0.2, 0.25) is 0 Å². The summed E-state index contributed by atoms with van der Waals surface area (Å²) in [5.41, 5.74) is 1.29. The Morgan fingerprint density at radius 3 is 2.62 bits per heavy atom. The third-order valence-electron chi connectivity index (χ3n) is 4.69. The third-order valence-corrected chi connectivity index (χ3v) is 4.69. The quantitative estimate of drug-likeness (QED) is 0.825. The van der Waals surface area contributed by atoms with Crippen molar-refractivity contribution in [2.24, 2.45) is 0 Å². The third kappa shape index (κ3) is 3.46. The van der Waals surface area contributed by atoms with Crippen molar-refractivity contribution in [1.82, 2.24) is 24.9 Å². The first-order chi connectivity index (χ1) is 11.8. The summed E-state index contributed by atoms with van der Waals surface area (Å²) in [6.45, 7) is 4.16. The molecule has 0 unspecified atom stereocenters. The predicted molar refractivity (Wildman–Crippen MR) is 86.6 cm³/mol. The minimum Gasteiger partial charge on any atom is -0.332 e. The molecule has 3 heterocycles. The average Bonchev–Trinajstić information content (AvgIpc) is 3.38. The molecule has 1 amide bonds. The highest BCUT2D eigenvalue weighted by Gasteiger charge is 2.31. The first kappa shape index (κ1) is 15.3. The van der Waals surface area contributed by atoms with Crippen LogP contribution >= 0.6 is 0 Å². The van der Waals surface area contributed by atoms with E-state index in [9.17, 15) is 4.79 Å². The maximum Gasteiger partial charge on any atom is 0.316 e. The minimum absolute atomic E-state index is 0.136. The summed E-state index contributed by atoms with van der Waals surface area (Å²) < 4.78 is 5.14. The number of hydrogen-bond acceptors (Lipinski definition) is 6. The average molecular weight is 327 g/mol. The fourth-order valence-electron chi connectivity index (χ4n) is 2.98. The first-order valence-electron chi connectivity index (χ1n) is 8.54. The molecule has 2 aromatic heterocycles. The Bertz CT molecular complexity index is 690. The van der Waals surface area contributed by atoms with Gasteiger partial charge in [-0.05, 0) is 37.0 Å². The summed E-state index contributed by atoms with van der Waals surface area (Å²) in [5, 5.41) is 3.92. The van der Waals surface area contributed by atoms with Gasteiger partial charge in [-0.2, -0.15) is 4.98 Å². The van der Waals surface area contributed by atoms with Gasteiger partial charge < -0.3 is 9.42 Å². The van der Waals surface area contributed by atoms with E-state index in [1.54, 1.807) is 0 Å². The van der Waals surface area contributed by atoms with Gasteiger partial charge in [0.15, 0.2) is 5.82 Å². The number of nitrogens with zero attached hydrogens (tertiary/aromatic N) is 5. The van der Waals surface area contributed by atoms with Gasteiger partial charge in [0.05, 0.1) is 0 Å². The van der Waals surface area contributed by atoms with E-state index >= 15 is 0 Å². The zero-order valence-electron chi connectivity index (χ0n) is 13.6. The molecule has 2 aromatic rings. The lowest BCUT2D eigenvalue weighted by atomic mass is 10.2. The molecule has 2 fully saturated rings. The predicted octanol–water partition coefficient (Wildman–Crippen LogP) is 1.34. The lowest BCUT2D eigenvalue weighted by molar-refractivity contribution is 0.0590. The molecule has 0 spiro atoms. The molecule has 24 heavy (non-hydrogen) atoms. The van der Waals surface area contributed by atoms with Gasteiger partial charge in [0.1, 0.15) is 0 Å². The van der Waals surface area contributed by atoms with Crippen LogP contribution in [0.3, 0.4) is 0 Å². The molecule has 126 valence electrons. The molecule has 0 radical (unpaired) electrons. The highest BCUT2D eigenvalue weighted by molar-refractivity contribution is 5.89. The van der Waals surface area contributed by atoms with Crippen LogP contribution in [0.5, 0.6) is 0 Å². The Labute approximate surface area is 140 Å². The molecule has 1 saturated heterocycles. The van der Waals surface area contributed by atoms with Crippen LogP contribution in [0.25, 0.3) is 0 Å². The Morgan fingerprint density at radius 1 is 1.17 bits per heavy atom. The van der Waals surface area contributed by atoms with Gasteiger partial charge >= 0.3 is 11.8 Å². The van der Waals surface area contributed by atoms with Crippen molar-refractivity contribution in [3.63, 3.8) is 0 Å². The van der Waals surface area contributed by atoms with E-state index in [1.807, 2.05) is 29.4 Å². The second-order valence-electron chi connectivity index (χ2n) is 6.47. The van der Waals surface area contributed by atoms with Crippen LogP contribution in [0.4, 0.5) is 0 Å². The van der Waals surface area contributed by atoms with E-state index in [4.69, 9.17) is 4.52 Å². The number of aromatic nitrogens is 3. The van der Waals surface area contributed by atoms with Gasteiger partial charge in [0.25, 0.3) is 0 Å². The van der Waals surface area contributed by atoms with Crippen molar-refractivity contribution in [1.29, 1.82) is 0 Å². The zero-order valence-corrected chi connectivity index (χ0v) is 13.6. The van der Waals surface area contributed by atoms with Crippen molar-refractivity contribution in [3.8, 4) is 0 Å². The number of carbonyl (C=O) groups is 1. The molecule has 0 N–H and O–H groups in total. The van der Waals surface area contributed by atoms with Crippen LogP contribution in [0.15, 0.2) is 29.0 Å². The lowest BCUT2D eigenvalue weighted by Gasteiger charge is -2.33. The highest BCUT2D eigenvalue weighted by Crippen LogP contribution is 2.38. The van der Waals surface area contributed by atoms with Gasteiger partial charge in [-0.3, -0.25) is 14.7 Å². The highest BCUT2D eigenvalue weighted by atomic mass is 16.5. The summed E-state index contributed by atoms with van der Waals surface area (Å²) in [7, 11) is 0. The second-order valence-corrected chi connectivity index (χ2v) is 6.47. The van der Waals surface area contributed by atoms with E-state index in [0.29, 0.717) is 24.8 Å². The maximum atomic E-state index is 12.4. The van der Waals surface area contributed by atoms with Crippen molar-refractivity contribution in [3.05, 3.63) is 41.8 Å². The minimum atomic E-state index is -0.136. The van der Waals surface area contributed by atoms with Crippen molar-refractivity contribution in [2.75, 3.05) is 32.7 Å². The SMILES string of the molecule is O=C(c1nc(C2CC2)no1)N1CCN(CCc2ccncc2)CC1. The van der Waals surface area contributed by atoms with Gasteiger partial charge in [-0.15, -0.1) is 0 Å². The van der Waals surface area contributed by atoms with E-state index < -0.39 is 0 Å². The number of amides is 1. The normalized spacial score (nSPS) is 18.8. The summed E-state index contributed by atoms with van der Waals surface area (Å²) in [5.74, 6) is 1.10. The van der Waals surface area contributed by atoms with Gasteiger partial charge in [-0.25, -0.2) is 0 Å². The molecule has 1 aliphatic heterocycles. The fraction of sp³-hybridized carbons (Fsp3) is 0.529. The number of hydrogen-bond donors (Lipinski definition) is 0. The Morgan fingerprint density at radius 2 is 1.92 bits per heavy atom. The number of pyridine rings is 1. The Hall–Kier alpha value is -2.28. The Kier molecular flexibility index (Phi) is 4.25. The number of carbonyl (C=O) groups excluding carboxylic acids is 1. The van der Waals surface area contributed by atoms with Crippen molar-refractivity contribution < 1.29 is 9.32 Å². The standard InChI is InChI=1S/C17H21N5O2/c23-17(16-19-15(20-24-16)14-1-2-14)22-11-9-21(10-12-22)8-5-13-3-6-18-7-4-13/h3-4,6-7,14H,1-2,5,8-12H2. The molecule has 1 saturated carbocycles. The number of rotatable bonds is 5. The molecular weight excluding hydrogens is 306 g/mol. The van der Waals surface area contributed by atoms with E-state index in [2.05, 4.69) is 20.0 Å². The summed E-state index contributed by atoms with van der Waals surface area (Å²) in [6.07, 6.45) is 6.86. The van der Waals surface area contributed by atoms with Crippen LogP contribution in [0, 0.1) is 0 Å². The molecule has 2 aliphatic rings. The van der Waals surface area contributed by atoms with Crippen LogP contribution in [0.2, 0.25) is 0 Å². The van der Waals surface area contributed by atoms with Gasteiger partial charge in [0, 0.05) is 51.0 Å². The van der Waals surface area contributed by atoms with Crippen LogP contribution in [-0.2, 0) is 6.42 Å². The maximum absolute atomic E-state index is 12.4. The fourth-order valence-corrected chi connectivity index (χ4v) is 2.98. The van der Waals surface area contributed by atoms with E-state index in [-0.39, 0.29) is 11.8 Å². The number of piperazine rings is 1. The smallest absolute Gasteiger partial charge is 0.316 e. The van der Waals surface area contributed by atoms with Crippen molar-refractivity contribution >= 4 is 5.91 Å². The van der Waals surface area contributed by atoms with Gasteiger partial charge in [-0.1, -0.05) is 5.16 Å². The van der Waals surface area contributed by atoms with E-state index in [1.165, 1.54) is 5.56 Å². The molecule has 7 nitrogen and oxygen atoms in total. The second kappa shape index (κ2) is 6.68. The first-order valence-corrected chi connectivity index (χ1v) is 8.54. The monoisotopic (exact) mass is 327 g/mol. The summed E-state index contributed by atoms with van der Waals surface area (Å²) in [4.78, 5) is 24.9. The van der Waals surface area contributed by atoms with Crippen LogP contribution < -0.4 is 0 Å². The lowest BCUT2D eigenvalue weighted by Crippen LogP contribution is -2.49. The molecule has 7 heteroatoms. The molecule has 0 atom stereocenters. The van der Waals surface area contributed by atoms with Crippen molar-refractivity contribution in [2.45, 2.75) is 25.2 Å². The molecular formula is C17H21N5O2.